The average Bonchev–Trinajstić information content (AvgIpc) is 2.36. The molecule has 112 valence electrons. The number of halogens is 4. The van der Waals surface area contributed by atoms with Gasteiger partial charge in [-0.1, -0.05) is 31.4 Å². The highest BCUT2D eigenvalue weighted by Gasteiger charge is 2.31. The molecule has 1 rings (SSSR count). The van der Waals surface area contributed by atoms with Crippen molar-refractivity contribution >= 4 is 23.3 Å². The van der Waals surface area contributed by atoms with E-state index in [0.717, 1.165) is 37.5 Å². The second kappa shape index (κ2) is 7.38. The monoisotopic (exact) mass is 308 g/mol. The lowest BCUT2D eigenvalue weighted by atomic mass is 10.2. The van der Waals surface area contributed by atoms with E-state index >= 15 is 0 Å². The van der Waals surface area contributed by atoms with Crippen LogP contribution in [0.2, 0.25) is 5.02 Å². The largest absolute Gasteiger partial charge is 0.416 e. The fourth-order valence-electron chi connectivity index (χ4n) is 1.54. The first kappa shape index (κ1) is 16.6. The number of rotatable bonds is 5. The number of nitrogens with one attached hydrogen (secondary N) is 2. The summed E-state index contributed by atoms with van der Waals surface area (Å²) in [6.07, 6.45) is -1.66. The predicted octanol–water partition coefficient (Wildman–Crippen LogP) is 4.67. The van der Waals surface area contributed by atoms with E-state index in [1.54, 1.807) is 0 Å². The lowest BCUT2D eigenvalue weighted by Crippen LogP contribution is -2.29. The molecule has 0 radical (unpaired) electrons. The van der Waals surface area contributed by atoms with Crippen molar-refractivity contribution in [2.45, 2.75) is 32.4 Å². The summed E-state index contributed by atoms with van der Waals surface area (Å²) in [5.41, 5.74) is -0.919. The van der Waals surface area contributed by atoms with E-state index < -0.39 is 17.8 Å². The van der Waals surface area contributed by atoms with E-state index in [1.807, 2.05) is 6.92 Å². The highest BCUT2D eigenvalue weighted by molar-refractivity contribution is 6.33. The first-order valence-corrected chi connectivity index (χ1v) is 6.64. The Morgan fingerprint density at radius 2 is 2.00 bits per heavy atom. The lowest BCUT2D eigenvalue weighted by molar-refractivity contribution is -0.137. The third kappa shape index (κ3) is 5.28. The molecule has 20 heavy (non-hydrogen) atoms. The maximum Gasteiger partial charge on any atom is 0.416 e. The Hall–Kier alpha value is -1.43. The summed E-state index contributed by atoms with van der Waals surface area (Å²) in [5.74, 6) is 0. The molecule has 0 saturated carbocycles. The summed E-state index contributed by atoms with van der Waals surface area (Å²) >= 11 is 5.76. The molecule has 0 atom stereocenters. The molecule has 0 fully saturated rings. The van der Waals surface area contributed by atoms with E-state index in [-0.39, 0.29) is 10.7 Å². The standard InChI is InChI=1S/C13H16ClF3N2O/c1-2-3-4-7-18-12(20)19-11-8-9(13(15,16)17)5-6-10(11)14/h5-6,8H,2-4,7H2,1H3,(H2,18,19,20). The molecule has 0 aromatic heterocycles. The van der Waals surface area contributed by atoms with E-state index in [9.17, 15) is 18.0 Å². The molecule has 1 aromatic rings. The molecule has 0 aliphatic rings. The van der Waals surface area contributed by atoms with Gasteiger partial charge in [0.25, 0.3) is 0 Å². The smallest absolute Gasteiger partial charge is 0.338 e. The van der Waals surface area contributed by atoms with Gasteiger partial charge in [-0.3, -0.25) is 0 Å². The van der Waals surface area contributed by atoms with Crippen molar-refractivity contribution in [3.8, 4) is 0 Å². The van der Waals surface area contributed by atoms with Crippen molar-refractivity contribution in [1.82, 2.24) is 5.32 Å². The average molecular weight is 309 g/mol. The second-order valence-corrected chi connectivity index (χ2v) is 4.69. The fraction of sp³-hybridized carbons (Fsp3) is 0.462. The molecule has 0 spiro atoms. The van der Waals surface area contributed by atoms with Gasteiger partial charge in [0.15, 0.2) is 0 Å². The third-order valence-corrected chi connectivity index (χ3v) is 2.94. The second-order valence-electron chi connectivity index (χ2n) is 4.28. The zero-order chi connectivity index (χ0) is 15.2. The van der Waals surface area contributed by atoms with E-state index in [4.69, 9.17) is 11.6 Å². The Balaban J connectivity index is 2.65. The minimum atomic E-state index is -4.47. The third-order valence-electron chi connectivity index (χ3n) is 2.61. The molecule has 2 N–H and O–H groups in total. The Bertz CT molecular complexity index is 463. The topological polar surface area (TPSA) is 41.1 Å². The summed E-state index contributed by atoms with van der Waals surface area (Å²) in [6.45, 7) is 2.50. The molecule has 0 aliphatic heterocycles. The maximum atomic E-state index is 12.6. The normalized spacial score (nSPS) is 11.2. The molecular weight excluding hydrogens is 293 g/mol. The number of amides is 2. The number of hydrogen-bond donors (Lipinski definition) is 2. The van der Waals surface area contributed by atoms with Gasteiger partial charge < -0.3 is 10.6 Å². The van der Waals surface area contributed by atoms with Gasteiger partial charge in [0.05, 0.1) is 16.3 Å². The van der Waals surface area contributed by atoms with Crippen molar-refractivity contribution in [2.75, 3.05) is 11.9 Å². The fourth-order valence-corrected chi connectivity index (χ4v) is 1.71. The van der Waals surface area contributed by atoms with Crippen LogP contribution < -0.4 is 10.6 Å². The van der Waals surface area contributed by atoms with Gasteiger partial charge in [0.2, 0.25) is 0 Å². The van der Waals surface area contributed by atoms with Gasteiger partial charge in [0.1, 0.15) is 0 Å². The van der Waals surface area contributed by atoms with Crippen molar-refractivity contribution in [3.63, 3.8) is 0 Å². The van der Waals surface area contributed by atoms with Gasteiger partial charge >= 0.3 is 12.2 Å². The van der Waals surface area contributed by atoms with Crippen molar-refractivity contribution in [2.24, 2.45) is 0 Å². The highest BCUT2D eigenvalue weighted by Crippen LogP contribution is 2.33. The molecule has 0 aliphatic carbocycles. The number of alkyl halides is 3. The number of hydrogen-bond acceptors (Lipinski definition) is 1. The van der Waals surface area contributed by atoms with Gasteiger partial charge in [-0.25, -0.2) is 4.79 Å². The van der Waals surface area contributed by atoms with Crippen LogP contribution in [0.3, 0.4) is 0 Å². The Labute approximate surface area is 120 Å². The molecule has 0 saturated heterocycles. The van der Waals surface area contributed by atoms with Gasteiger partial charge in [-0.2, -0.15) is 13.2 Å². The van der Waals surface area contributed by atoms with Crippen LogP contribution in [0, 0.1) is 0 Å². The number of carbonyl (C=O) groups excluding carboxylic acids is 1. The molecule has 2 amide bonds. The Morgan fingerprint density at radius 3 is 2.60 bits per heavy atom. The van der Waals surface area contributed by atoms with Gasteiger partial charge in [-0.15, -0.1) is 0 Å². The number of unbranched alkanes of at least 4 members (excludes halogenated alkanes) is 2. The first-order chi connectivity index (χ1) is 9.34. The molecule has 0 heterocycles. The quantitative estimate of drug-likeness (QED) is 0.762. The molecule has 1 aromatic carbocycles. The molecule has 0 unspecified atom stereocenters. The molecular formula is C13H16ClF3N2O. The minimum Gasteiger partial charge on any atom is -0.338 e. The van der Waals surface area contributed by atoms with Crippen molar-refractivity contribution in [3.05, 3.63) is 28.8 Å². The molecule has 7 heteroatoms. The number of urea groups is 1. The van der Waals surface area contributed by atoms with E-state index in [0.29, 0.717) is 6.54 Å². The van der Waals surface area contributed by atoms with Crippen LogP contribution in [-0.4, -0.2) is 12.6 Å². The minimum absolute atomic E-state index is 0.0571. The molecule has 0 bridgehead atoms. The summed E-state index contributed by atoms with van der Waals surface area (Å²) in [4.78, 5) is 11.5. The lowest BCUT2D eigenvalue weighted by Gasteiger charge is -2.12. The van der Waals surface area contributed by atoms with Crippen LogP contribution in [0.15, 0.2) is 18.2 Å². The van der Waals surface area contributed by atoms with E-state index in [1.165, 1.54) is 0 Å². The first-order valence-electron chi connectivity index (χ1n) is 6.26. The molecule has 3 nitrogen and oxygen atoms in total. The van der Waals surface area contributed by atoms with Crippen LogP contribution in [-0.2, 0) is 6.18 Å². The van der Waals surface area contributed by atoms with Crippen LogP contribution >= 0.6 is 11.6 Å². The van der Waals surface area contributed by atoms with Crippen molar-refractivity contribution in [1.29, 1.82) is 0 Å². The van der Waals surface area contributed by atoms with Crippen LogP contribution in [0.25, 0.3) is 0 Å². The summed E-state index contributed by atoms with van der Waals surface area (Å²) in [7, 11) is 0. The summed E-state index contributed by atoms with van der Waals surface area (Å²) < 4.78 is 37.7. The summed E-state index contributed by atoms with van der Waals surface area (Å²) in [6, 6.07) is 2.22. The SMILES string of the molecule is CCCCCNC(=O)Nc1cc(C(F)(F)F)ccc1Cl. The van der Waals surface area contributed by atoms with Crippen LogP contribution in [0.1, 0.15) is 31.7 Å². The zero-order valence-corrected chi connectivity index (χ0v) is 11.7. The number of anilines is 1. The maximum absolute atomic E-state index is 12.6. The zero-order valence-electron chi connectivity index (χ0n) is 11.0. The number of benzene rings is 1. The van der Waals surface area contributed by atoms with Crippen LogP contribution in [0.5, 0.6) is 0 Å². The Morgan fingerprint density at radius 1 is 1.30 bits per heavy atom. The highest BCUT2D eigenvalue weighted by atomic mass is 35.5. The van der Waals surface area contributed by atoms with Crippen LogP contribution in [0.4, 0.5) is 23.7 Å². The predicted molar refractivity (Wildman–Crippen MR) is 73.0 cm³/mol. The van der Waals surface area contributed by atoms with E-state index in [2.05, 4.69) is 10.6 Å². The van der Waals surface area contributed by atoms with Crippen molar-refractivity contribution < 1.29 is 18.0 Å². The van der Waals surface area contributed by atoms with Gasteiger partial charge in [0, 0.05) is 6.54 Å². The van der Waals surface area contributed by atoms with Gasteiger partial charge in [-0.05, 0) is 24.6 Å². The summed E-state index contributed by atoms with van der Waals surface area (Å²) in [5, 5.41) is 4.94. The Kier molecular flexibility index (Phi) is 6.13. The number of carbonyl (C=O) groups is 1.